The number of aromatic nitrogens is 2. The SMILES string of the molecule is CCNC(=O)Nc1nc2c(F)c(-c3ccc(C(=O)[O-])cc3)cc(-c3ccccn3)c2s1.[Li+]. The Morgan fingerprint density at radius 1 is 1.12 bits per heavy atom. The molecule has 2 heterocycles. The molecule has 2 aromatic carbocycles. The standard InChI is InChI=1S/C22H17FN4O3S.Li/c1-2-24-21(30)27-22-26-18-17(23)14(12-6-8-13(9-7-12)20(28)29)11-15(19(18)31-22)16-5-3-4-10-25-16;/h3-11H,2H2,1H3,(H,28,29)(H2,24,26,27,30);/q;+1/p-1. The summed E-state index contributed by atoms with van der Waals surface area (Å²) < 4.78 is 16.0. The number of thiazole rings is 1. The molecule has 0 unspecified atom stereocenters. The Morgan fingerprint density at radius 3 is 2.50 bits per heavy atom. The number of urea groups is 1. The van der Waals surface area contributed by atoms with Crippen molar-refractivity contribution in [3.05, 3.63) is 66.1 Å². The number of halogens is 1. The van der Waals surface area contributed by atoms with E-state index < -0.39 is 17.8 Å². The summed E-state index contributed by atoms with van der Waals surface area (Å²) in [5, 5.41) is 16.5. The molecule has 4 aromatic rings. The summed E-state index contributed by atoms with van der Waals surface area (Å²) in [6.45, 7) is 2.23. The molecule has 0 atom stereocenters. The van der Waals surface area contributed by atoms with E-state index in [0.29, 0.717) is 28.1 Å². The molecule has 2 N–H and O–H groups in total. The normalized spacial score (nSPS) is 10.4. The van der Waals surface area contributed by atoms with Crippen LogP contribution in [0.15, 0.2) is 54.7 Å². The predicted molar refractivity (Wildman–Crippen MR) is 115 cm³/mol. The summed E-state index contributed by atoms with van der Waals surface area (Å²) in [6, 6.07) is 12.4. The van der Waals surface area contributed by atoms with Gasteiger partial charge in [-0.05, 0) is 36.2 Å². The van der Waals surface area contributed by atoms with Crippen LogP contribution in [0.1, 0.15) is 17.3 Å². The van der Waals surface area contributed by atoms with E-state index in [1.807, 2.05) is 6.07 Å². The first-order chi connectivity index (χ1) is 15.0. The van der Waals surface area contributed by atoms with Crippen molar-refractivity contribution in [2.24, 2.45) is 0 Å². The number of benzene rings is 2. The number of carbonyl (C=O) groups excluding carboxylic acids is 2. The van der Waals surface area contributed by atoms with Crippen molar-refractivity contribution < 1.29 is 37.9 Å². The fourth-order valence-electron chi connectivity index (χ4n) is 3.12. The van der Waals surface area contributed by atoms with Crippen LogP contribution in [0, 0.1) is 5.82 Å². The fraction of sp³-hybridized carbons (Fsp3) is 0.0909. The molecule has 4 rings (SSSR count). The van der Waals surface area contributed by atoms with Gasteiger partial charge in [-0.2, -0.15) is 0 Å². The van der Waals surface area contributed by atoms with Gasteiger partial charge in [0.25, 0.3) is 0 Å². The van der Waals surface area contributed by atoms with Crippen LogP contribution >= 0.6 is 11.3 Å². The van der Waals surface area contributed by atoms with Crippen molar-refractivity contribution in [1.29, 1.82) is 0 Å². The second-order valence-electron chi connectivity index (χ2n) is 6.55. The average molecular weight is 442 g/mol. The monoisotopic (exact) mass is 442 g/mol. The van der Waals surface area contributed by atoms with Gasteiger partial charge in [-0.15, -0.1) is 0 Å². The molecule has 0 spiro atoms. The molecule has 0 radical (unpaired) electrons. The molecular weight excluding hydrogens is 426 g/mol. The number of hydrogen-bond donors (Lipinski definition) is 2. The van der Waals surface area contributed by atoms with E-state index in [-0.39, 0.29) is 40.6 Å². The van der Waals surface area contributed by atoms with Gasteiger partial charge in [0.2, 0.25) is 0 Å². The molecule has 0 aliphatic carbocycles. The second kappa shape index (κ2) is 9.91. The summed E-state index contributed by atoms with van der Waals surface area (Å²) in [5.74, 6) is -1.88. The van der Waals surface area contributed by atoms with Crippen molar-refractivity contribution in [1.82, 2.24) is 15.3 Å². The molecule has 0 saturated heterocycles. The third-order valence-electron chi connectivity index (χ3n) is 4.54. The summed E-state index contributed by atoms with van der Waals surface area (Å²) in [6.07, 6.45) is 1.63. The van der Waals surface area contributed by atoms with E-state index >= 15 is 4.39 Å². The Morgan fingerprint density at radius 2 is 1.88 bits per heavy atom. The number of anilines is 1. The number of aromatic carboxylic acids is 1. The van der Waals surface area contributed by atoms with Gasteiger partial charge in [0.1, 0.15) is 5.52 Å². The van der Waals surface area contributed by atoms with Gasteiger partial charge >= 0.3 is 24.9 Å². The van der Waals surface area contributed by atoms with Crippen molar-refractivity contribution in [3.63, 3.8) is 0 Å². The third-order valence-corrected chi connectivity index (χ3v) is 5.54. The zero-order chi connectivity index (χ0) is 22.0. The molecule has 32 heavy (non-hydrogen) atoms. The van der Waals surface area contributed by atoms with Crippen LogP contribution in [0.3, 0.4) is 0 Å². The first kappa shape index (κ1) is 23.4. The van der Waals surface area contributed by atoms with Crippen molar-refractivity contribution in [2.45, 2.75) is 6.92 Å². The van der Waals surface area contributed by atoms with Crippen molar-refractivity contribution >= 4 is 38.7 Å². The Hall–Kier alpha value is -3.25. The minimum absolute atomic E-state index is 0. The van der Waals surface area contributed by atoms with E-state index in [2.05, 4.69) is 20.6 Å². The van der Waals surface area contributed by atoms with Gasteiger partial charge in [-0.25, -0.2) is 14.2 Å². The minimum atomic E-state index is -1.31. The van der Waals surface area contributed by atoms with Crippen LogP contribution in [-0.2, 0) is 0 Å². The zero-order valence-electron chi connectivity index (χ0n) is 17.3. The molecule has 7 nitrogen and oxygen atoms in total. The molecule has 0 aliphatic heterocycles. The van der Waals surface area contributed by atoms with Crippen LogP contribution in [0.2, 0.25) is 0 Å². The van der Waals surface area contributed by atoms with Gasteiger partial charge in [-0.3, -0.25) is 10.3 Å². The van der Waals surface area contributed by atoms with E-state index in [9.17, 15) is 14.7 Å². The van der Waals surface area contributed by atoms with Crippen LogP contribution < -0.4 is 34.6 Å². The summed E-state index contributed by atoms with van der Waals surface area (Å²) >= 11 is 1.15. The molecule has 2 amide bonds. The number of pyridine rings is 1. The van der Waals surface area contributed by atoms with Gasteiger partial charge in [0.15, 0.2) is 10.9 Å². The summed E-state index contributed by atoms with van der Waals surface area (Å²) in [5.41, 5.74) is 2.09. The number of carboxylic acids is 1. The number of carboxylic acid groups (broad SMARTS) is 1. The first-order valence-corrected chi connectivity index (χ1v) is 10.2. The van der Waals surface area contributed by atoms with E-state index in [0.717, 1.165) is 11.3 Å². The predicted octanol–water partition coefficient (Wildman–Crippen LogP) is 0.673. The number of rotatable bonds is 5. The number of nitrogens with one attached hydrogen (secondary N) is 2. The maximum Gasteiger partial charge on any atom is 1.00 e. The van der Waals surface area contributed by atoms with Crippen molar-refractivity contribution in [2.75, 3.05) is 11.9 Å². The minimum Gasteiger partial charge on any atom is -0.545 e. The van der Waals surface area contributed by atoms with Gasteiger partial charge in [0, 0.05) is 23.9 Å². The Bertz CT molecular complexity index is 1280. The molecule has 156 valence electrons. The van der Waals surface area contributed by atoms with Gasteiger partial charge < -0.3 is 15.2 Å². The Kier molecular flexibility index (Phi) is 7.25. The molecule has 2 aromatic heterocycles. The van der Waals surface area contributed by atoms with Gasteiger partial charge in [-0.1, -0.05) is 41.7 Å². The summed E-state index contributed by atoms with van der Waals surface area (Å²) in [7, 11) is 0. The zero-order valence-corrected chi connectivity index (χ0v) is 18.1. The second-order valence-corrected chi connectivity index (χ2v) is 7.55. The van der Waals surface area contributed by atoms with Crippen LogP contribution in [0.25, 0.3) is 32.6 Å². The maximum absolute atomic E-state index is 15.5. The molecule has 10 heteroatoms. The quantitative estimate of drug-likeness (QED) is 0.442. The van der Waals surface area contributed by atoms with Gasteiger partial charge in [0.05, 0.1) is 16.4 Å². The number of fused-ring (bicyclic) bond motifs is 1. The topological polar surface area (TPSA) is 107 Å². The molecule has 0 fully saturated rings. The van der Waals surface area contributed by atoms with E-state index in [4.69, 9.17) is 0 Å². The number of nitrogens with zero attached hydrogens (tertiary/aromatic N) is 2. The van der Waals surface area contributed by atoms with Crippen LogP contribution in [-0.4, -0.2) is 28.5 Å². The molecule has 0 aliphatic rings. The van der Waals surface area contributed by atoms with Crippen molar-refractivity contribution in [3.8, 4) is 22.4 Å². The van der Waals surface area contributed by atoms with Crippen LogP contribution in [0.5, 0.6) is 0 Å². The molecular formula is C22H16FLiN4O3S. The van der Waals surface area contributed by atoms with Crippen LogP contribution in [0.4, 0.5) is 14.3 Å². The fourth-order valence-corrected chi connectivity index (χ4v) is 4.10. The smallest absolute Gasteiger partial charge is 0.545 e. The molecule has 0 bridgehead atoms. The number of carbonyl (C=O) groups is 2. The molecule has 0 saturated carbocycles. The maximum atomic E-state index is 15.5. The summed E-state index contributed by atoms with van der Waals surface area (Å²) in [4.78, 5) is 31.6. The number of amides is 2. The third kappa shape index (κ3) is 4.65. The largest absolute Gasteiger partial charge is 1.00 e. The average Bonchev–Trinajstić information content (AvgIpc) is 3.19. The van der Waals surface area contributed by atoms with E-state index in [1.165, 1.54) is 24.3 Å². The Labute approximate surface area is 198 Å². The first-order valence-electron chi connectivity index (χ1n) is 9.39. The Balaban J connectivity index is 0.00000289. The van der Waals surface area contributed by atoms with E-state index in [1.54, 1.807) is 31.3 Å². The number of hydrogen-bond acceptors (Lipinski definition) is 6.